The Hall–Kier alpha value is -1.18. The van der Waals surface area contributed by atoms with Gasteiger partial charge in [0.15, 0.2) is 5.78 Å². The highest BCUT2D eigenvalue weighted by Crippen LogP contribution is 2.28. The van der Waals surface area contributed by atoms with Gasteiger partial charge < -0.3 is 0 Å². The number of halogens is 2. The van der Waals surface area contributed by atoms with Crippen molar-refractivity contribution < 1.29 is 13.2 Å². The molecule has 0 aromatic heterocycles. The number of Topliss-reactive ketones (excluding diaryl/α,β-unsaturated/α-hetero) is 1. The maximum Gasteiger partial charge on any atom is 0.261 e. The Morgan fingerprint density at radius 2 is 1.67 bits per heavy atom. The zero-order valence-electron chi connectivity index (χ0n) is 10.9. The van der Waals surface area contributed by atoms with Crippen LogP contribution >= 0.6 is 31.9 Å². The molecule has 0 spiro atoms. The first-order valence-corrected chi connectivity index (χ1v) is 8.95. The number of carbonyl (C=O) groups is 1. The summed E-state index contributed by atoms with van der Waals surface area (Å²) in [5.41, 5.74) is 0.910. The van der Waals surface area contributed by atoms with Crippen LogP contribution in [0.25, 0.3) is 0 Å². The molecule has 0 saturated heterocycles. The summed E-state index contributed by atoms with van der Waals surface area (Å²) in [4.78, 5) is 11.3. The van der Waals surface area contributed by atoms with Gasteiger partial charge in [0.25, 0.3) is 10.0 Å². The molecule has 0 amide bonds. The predicted octanol–water partition coefficient (Wildman–Crippen LogP) is 4.22. The van der Waals surface area contributed by atoms with E-state index in [1.54, 1.807) is 18.2 Å². The van der Waals surface area contributed by atoms with Gasteiger partial charge in [-0.3, -0.25) is 9.52 Å². The number of sulfonamides is 1. The van der Waals surface area contributed by atoms with E-state index in [2.05, 4.69) is 36.6 Å². The highest BCUT2D eigenvalue weighted by molar-refractivity contribution is 9.11. The lowest BCUT2D eigenvalue weighted by Gasteiger charge is -2.10. The Morgan fingerprint density at radius 1 is 1.05 bits per heavy atom. The number of anilines is 1. The highest BCUT2D eigenvalue weighted by atomic mass is 79.9. The van der Waals surface area contributed by atoms with Crippen LogP contribution < -0.4 is 4.72 Å². The summed E-state index contributed by atoms with van der Waals surface area (Å²) >= 11 is 6.60. The van der Waals surface area contributed by atoms with E-state index in [0.29, 0.717) is 15.7 Å². The number of hydrogen-bond donors (Lipinski definition) is 1. The van der Waals surface area contributed by atoms with Crippen LogP contribution in [0.5, 0.6) is 0 Å². The van der Waals surface area contributed by atoms with E-state index in [9.17, 15) is 13.2 Å². The fourth-order valence-corrected chi connectivity index (χ4v) is 4.00. The van der Waals surface area contributed by atoms with Gasteiger partial charge in [0, 0.05) is 14.5 Å². The Bertz CT molecular complexity index is 786. The summed E-state index contributed by atoms with van der Waals surface area (Å²) < 4.78 is 28.5. The summed E-state index contributed by atoms with van der Waals surface area (Å²) in [5.74, 6) is -0.109. The van der Waals surface area contributed by atoms with Crippen molar-refractivity contribution in [2.75, 3.05) is 4.72 Å². The summed E-state index contributed by atoms with van der Waals surface area (Å²) in [6.45, 7) is 1.43. The van der Waals surface area contributed by atoms with Gasteiger partial charge in [0.05, 0.1) is 10.6 Å². The fraction of sp³-hybridized carbons (Fsp3) is 0.0714. The molecule has 2 rings (SSSR count). The van der Waals surface area contributed by atoms with Gasteiger partial charge in [-0.2, -0.15) is 0 Å². The van der Waals surface area contributed by atoms with Crippen LogP contribution in [0.4, 0.5) is 5.69 Å². The summed E-state index contributed by atoms with van der Waals surface area (Å²) in [6, 6.07) is 10.9. The van der Waals surface area contributed by atoms with Crippen LogP contribution in [-0.2, 0) is 10.0 Å². The van der Waals surface area contributed by atoms with Crippen molar-refractivity contribution in [2.45, 2.75) is 11.8 Å². The second-order valence-electron chi connectivity index (χ2n) is 4.31. The normalized spacial score (nSPS) is 11.2. The molecule has 0 aliphatic carbocycles. The molecule has 1 N–H and O–H groups in total. The smallest absolute Gasteiger partial charge is 0.261 e. The standard InChI is InChI=1S/C14H11Br2NO3S/c1-9(18)10-2-5-12(6-3-10)21(19,20)17-14-7-4-11(15)8-13(14)16/h2-8,17H,1H3. The second-order valence-corrected chi connectivity index (χ2v) is 7.76. The zero-order chi connectivity index (χ0) is 15.6. The van der Waals surface area contributed by atoms with Gasteiger partial charge >= 0.3 is 0 Å². The lowest BCUT2D eigenvalue weighted by atomic mass is 10.2. The molecule has 0 bridgehead atoms. The predicted molar refractivity (Wildman–Crippen MR) is 89.1 cm³/mol. The first kappa shape index (κ1) is 16.2. The van der Waals surface area contributed by atoms with E-state index in [0.717, 1.165) is 4.47 Å². The Morgan fingerprint density at radius 3 is 2.19 bits per heavy atom. The maximum absolute atomic E-state index is 12.3. The van der Waals surface area contributed by atoms with E-state index >= 15 is 0 Å². The van der Waals surface area contributed by atoms with Crippen molar-refractivity contribution in [2.24, 2.45) is 0 Å². The molecule has 7 heteroatoms. The van der Waals surface area contributed by atoms with Crippen LogP contribution in [0.3, 0.4) is 0 Å². The Balaban J connectivity index is 2.31. The number of hydrogen-bond acceptors (Lipinski definition) is 3. The quantitative estimate of drug-likeness (QED) is 0.735. The van der Waals surface area contributed by atoms with E-state index in [1.165, 1.54) is 31.2 Å². The van der Waals surface area contributed by atoms with Gasteiger partial charge in [-0.1, -0.05) is 28.1 Å². The van der Waals surface area contributed by atoms with Crippen molar-refractivity contribution in [1.82, 2.24) is 0 Å². The van der Waals surface area contributed by atoms with Crippen molar-refractivity contribution >= 4 is 53.4 Å². The van der Waals surface area contributed by atoms with Gasteiger partial charge in [-0.15, -0.1) is 0 Å². The van der Waals surface area contributed by atoms with Gasteiger partial charge in [-0.05, 0) is 53.2 Å². The number of rotatable bonds is 4. The summed E-state index contributed by atoms with van der Waals surface area (Å²) in [5, 5.41) is 0. The molecule has 0 fully saturated rings. The molecular weight excluding hydrogens is 422 g/mol. The van der Waals surface area contributed by atoms with Crippen molar-refractivity contribution in [3.8, 4) is 0 Å². The SMILES string of the molecule is CC(=O)c1ccc(S(=O)(=O)Nc2ccc(Br)cc2Br)cc1. The fourth-order valence-electron chi connectivity index (χ4n) is 1.64. The molecule has 110 valence electrons. The van der Waals surface area contributed by atoms with Crippen molar-refractivity contribution in [1.29, 1.82) is 0 Å². The molecule has 0 heterocycles. The lowest BCUT2D eigenvalue weighted by Crippen LogP contribution is -2.13. The van der Waals surface area contributed by atoms with Gasteiger partial charge in [0.1, 0.15) is 0 Å². The largest absolute Gasteiger partial charge is 0.295 e. The Kier molecular flexibility index (Phi) is 4.85. The molecule has 2 aromatic carbocycles. The first-order valence-electron chi connectivity index (χ1n) is 5.88. The third-order valence-corrected chi connectivity index (χ3v) is 5.28. The zero-order valence-corrected chi connectivity index (χ0v) is 14.9. The minimum atomic E-state index is -3.70. The monoisotopic (exact) mass is 431 g/mol. The van der Waals surface area contributed by atoms with E-state index < -0.39 is 10.0 Å². The van der Waals surface area contributed by atoms with Gasteiger partial charge in [-0.25, -0.2) is 8.42 Å². The summed E-state index contributed by atoms with van der Waals surface area (Å²) in [7, 11) is -3.70. The van der Waals surface area contributed by atoms with Crippen LogP contribution in [-0.4, -0.2) is 14.2 Å². The molecule has 0 radical (unpaired) electrons. The van der Waals surface area contributed by atoms with Crippen LogP contribution in [0, 0.1) is 0 Å². The maximum atomic E-state index is 12.3. The van der Waals surface area contributed by atoms with E-state index in [4.69, 9.17) is 0 Å². The van der Waals surface area contributed by atoms with Crippen LogP contribution in [0.15, 0.2) is 56.3 Å². The van der Waals surface area contributed by atoms with Crippen LogP contribution in [0.1, 0.15) is 17.3 Å². The van der Waals surface area contributed by atoms with E-state index in [1.807, 2.05) is 0 Å². The van der Waals surface area contributed by atoms with Crippen LogP contribution in [0.2, 0.25) is 0 Å². The lowest BCUT2D eigenvalue weighted by molar-refractivity contribution is 0.101. The molecule has 0 aliphatic heterocycles. The summed E-state index contributed by atoms with van der Waals surface area (Å²) in [6.07, 6.45) is 0. The second kappa shape index (κ2) is 6.29. The molecule has 0 atom stereocenters. The van der Waals surface area contributed by atoms with Gasteiger partial charge in [0.2, 0.25) is 0 Å². The third-order valence-electron chi connectivity index (χ3n) is 2.75. The molecule has 4 nitrogen and oxygen atoms in total. The molecule has 0 unspecified atom stereocenters. The van der Waals surface area contributed by atoms with Crippen molar-refractivity contribution in [3.05, 3.63) is 57.0 Å². The first-order chi connectivity index (χ1) is 9.79. The molecule has 2 aromatic rings. The number of nitrogens with one attached hydrogen (secondary N) is 1. The molecular formula is C14H11Br2NO3S. The number of ketones is 1. The van der Waals surface area contributed by atoms with E-state index in [-0.39, 0.29) is 10.7 Å². The molecule has 0 aliphatic rings. The number of carbonyl (C=O) groups excluding carboxylic acids is 1. The highest BCUT2D eigenvalue weighted by Gasteiger charge is 2.16. The Labute approximate surface area is 139 Å². The third kappa shape index (κ3) is 3.93. The topological polar surface area (TPSA) is 63.2 Å². The minimum Gasteiger partial charge on any atom is -0.295 e. The molecule has 0 saturated carbocycles. The number of benzene rings is 2. The minimum absolute atomic E-state index is 0.0994. The molecule has 21 heavy (non-hydrogen) atoms. The van der Waals surface area contributed by atoms with Crippen molar-refractivity contribution in [3.63, 3.8) is 0 Å². The average Bonchev–Trinajstić information content (AvgIpc) is 2.42. The average molecular weight is 433 g/mol.